The molecule has 0 amide bonds. The number of pyridine rings is 2. The molecule has 0 spiro atoms. The van der Waals surface area contributed by atoms with E-state index >= 15 is 0 Å². The molecule has 4 aromatic heterocycles. The molecule has 5 heterocycles. The number of fused-ring (bicyclic) bond motifs is 2. The predicted molar refractivity (Wildman–Crippen MR) is 146 cm³/mol. The SMILES string of the molecule is Cc1cncc(-c2nc(-c3noc(=O)[nH]3)cc3nc(N4C=COC5=CC=C[C@@H]54)n(CC4CCC(C)CC4)c23)c1. The summed E-state index contributed by atoms with van der Waals surface area (Å²) in [5, 5.41) is 3.90. The van der Waals surface area contributed by atoms with E-state index in [1.165, 1.54) is 25.7 Å². The number of rotatable bonds is 5. The summed E-state index contributed by atoms with van der Waals surface area (Å²) in [4.78, 5) is 31.2. The lowest BCUT2D eigenvalue weighted by Gasteiger charge is -2.32. The summed E-state index contributed by atoms with van der Waals surface area (Å²) in [5.74, 6) is 2.61. The van der Waals surface area contributed by atoms with Crippen molar-refractivity contribution in [1.82, 2.24) is 29.7 Å². The molecule has 39 heavy (non-hydrogen) atoms. The smallest absolute Gasteiger partial charge is 0.439 e. The van der Waals surface area contributed by atoms with Gasteiger partial charge in [0.25, 0.3) is 0 Å². The minimum Gasteiger partial charge on any atom is -0.465 e. The molecule has 1 fully saturated rings. The van der Waals surface area contributed by atoms with Crippen LogP contribution in [0.15, 0.2) is 70.3 Å². The van der Waals surface area contributed by atoms with Crippen LogP contribution in [0.25, 0.3) is 33.8 Å². The van der Waals surface area contributed by atoms with Gasteiger partial charge in [-0.1, -0.05) is 37.1 Å². The number of aryl methyl sites for hydroxylation is 1. The maximum absolute atomic E-state index is 11.8. The zero-order valence-electron chi connectivity index (χ0n) is 21.9. The minimum absolute atomic E-state index is 0.0691. The van der Waals surface area contributed by atoms with Gasteiger partial charge >= 0.3 is 5.76 Å². The van der Waals surface area contributed by atoms with Crippen molar-refractivity contribution in [2.75, 3.05) is 4.90 Å². The first-order chi connectivity index (χ1) is 19.0. The highest BCUT2D eigenvalue weighted by atomic mass is 16.5. The van der Waals surface area contributed by atoms with E-state index in [9.17, 15) is 4.79 Å². The largest absolute Gasteiger partial charge is 0.465 e. The first-order valence-electron chi connectivity index (χ1n) is 13.4. The standard InChI is InChI=1S/C29H29N7O3/c1-17-6-8-19(9-7-17)16-36-26-21(32-28(36)35-10-11-38-24-5-3-4-23(24)35)13-22(27-33-29(37)39-34-27)31-25(26)20-12-18(2)14-30-15-20/h3-5,10-15,17,19,23H,6-9,16H2,1-2H3,(H,33,34,37)/t17?,19?,23-/m0/s1. The fraction of sp³-hybridized carbons (Fsp3) is 0.345. The lowest BCUT2D eigenvalue weighted by molar-refractivity contribution is 0.266. The Labute approximate surface area is 224 Å². The summed E-state index contributed by atoms with van der Waals surface area (Å²) >= 11 is 0. The van der Waals surface area contributed by atoms with Crippen LogP contribution in [0.4, 0.5) is 5.95 Å². The Morgan fingerprint density at radius 2 is 2.00 bits per heavy atom. The molecule has 7 rings (SSSR count). The maximum atomic E-state index is 11.8. The number of nitrogens with one attached hydrogen (secondary N) is 1. The van der Waals surface area contributed by atoms with Crippen molar-refractivity contribution in [2.24, 2.45) is 11.8 Å². The molecule has 0 bridgehead atoms. The van der Waals surface area contributed by atoms with Crippen LogP contribution < -0.4 is 10.7 Å². The van der Waals surface area contributed by atoms with E-state index in [4.69, 9.17) is 19.2 Å². The van der Waals surface area contributed by atoms with Crippen LogP contribution in [0.1, 0.15) is 38.2 Å². The van der Waals surface area contributed by atoms with Crippen LogP contribution in [0.5, 0.6) is 0 Å². The summed E-state index contributed by atoms with van der Waals surface area (Å²) in [6.45, 7) is 5.18. The summed E-state index contributed by atoms with van der Waals surface area (Å²) < 4.78 is 12.9. The Kier molecular flexibility index (Phi) is 5.68. The van der Waals surface area contributed by atoms with Crippen LogP contribution in [0.2, 0.25) is 0 Å². The van der Waals surface area contributed by atoms with Crippen molar-refractivity contribution in [3.8, 4) is 22.8 Å². The van der Waals surface area contributed by atoms with Gasteiger partial charge in [0.2, 0.25) is 11.8 Å². The molecule has 0 radical (unpaired) electrons. The zero-order chi connectivity index (χ0) is 26.5. The molecule has 1 N–H and O–H groups in total. The number of H-pyrrole nitrogens is 1. The summed E-state index contributed by atoms with van der Waals surface area (Å²) in [6.07, 6.45) is 18.2. The highest BCUT2D eigenvalue weighted by Gasteiger charge is 2.32. The van der Waals surface area contributed by atoms with Gasteiger partial charge in [-0.25, -0.2) is 14.8 Å². The number of ether oxygens (including phenoxy) is 1. The summed E-state index contributed by atoms with van der Waals surface area (Å²) in [7, 11) is 0. The Morgan fingerprint density at radius 3 is 2.79 bits per heavy atom. The number of hydrogen-bond donors (Lipinski definition) is 1. The van der Waals surface area contributed by atoms with Crippen LogP contribution in [-0.4, -0.2) is 35.7 Å². The molecule has 3 aliphatic rings. The molecule has 198 valence electrons. The van der Waals surface area contributed by atoms with Crippen LogP contribution in [0, 0.1) is 18.8 Å². The number of aromatic nitrogens is 6. The quantitative estimate of drug-likeness (QED) is 0.384. The van der Waals surface area contributed by atoms with Crippen LogP contribution >= 0.6 is 0 Å². The lowest BCUT2D eigenvalue weighted by Crippen LogP contribution is -2.35. The third-order valence-corrected chi connectivity index (χ3v) is 7.91. The van der Waals surface area contributed by atoms with Gasteiger partial charge in [-0.2, -0.15) is 0 Å². The Morgan fingerprint density at radius 1 is 1.13 bits per heavy atom. The van der Waals surface area contributed by atoms with Gasteiger partial charge in [0.05, 0.1) is 16.7 Å². The van der Waals surface area contributed by atoms with Crippen molar-refractivity contribution in [3.63, 3.8) is 0 Å². The summed E-state index contributed by atoms with van der Waals surface area (Å²) in [5.41, 5.74) is 4.80. The van der Waals surface area contributed by atoms with E-state index in [0.29, 0.717) is 11.6 Å². The Balaban J connectivity index is 1.47. The second-order valence-electron chi connectivity index (χ2n) is 10.8. The van der Waals surface area contributed by atoms with Crippen molar-refractivity contribution in [3.05, 3.63) is 77.1 Å². The highest BCUT2D eigenvalue weighted by Crippen LogP contribution is 2.38. The topological polar surface area (TPSA) is 115 Å². The van der Waals surface area contributed by atoms with Crippen molar-refractivity contribution >= 4 is 17.0 Å². The molecule has 0 aromatic carbocycles. The average molecular weight is 524 g/mol. The van der Waals surface area contributed by atoms with E-state index in [0.717, 1.165) is 52.0 Å². The van der Waals surface area contributed by atoms with E-state index in [1.54, 1.807) is 6.26 Å². The third-order valence-electron chi connectivity index (χ3n) is 7.91. The van der Waals surface area contributed by atoms with Crippen molar-refractivity contribution in [1.29, 1.82) is 0 Å². The molecular weight excluding hydrogens is 494 g/mol. The van der Waals surface area contributed by atoms with Crippen LogP contribution in [0.3, 0.4) is 0 Å². The molecule has 1 saturated carbocycles. The molecule has 4 aromatic rings. The van der Waals surface area contributed by atoms with Gasteiger partial charge in [-0.15, -0.1) is 0 Å². The van der Waals surface area contributed by atoms with Gasteiger partial charge in [0.1, 0.15) is 23.8 Å². The van der Waals surface area contributed by atoms with Crippen molar-refractivity contribution < 1.29 is 9.26 Å². The van der Waals surface area contributed by atoms with Gasteiger partial charge in [-0.05, 0) is 55.4 Å². The number of nitrogens with zero attached hydrogens (tertiary/aromatic N) is 6. The van der Waals surface area contributed by atoms with Crippen molar-refractivity contribution in [2.45, 2.75) is 52.1 Å². The normalized spacial score (nSPS) is 22.3. The van der Waals surface area contributed by atoms with Gasteiger partial charge in [0.15, 0.2) is 0 Å². The second kappa shape index (κ2) is 9.37. The molecule has 10 nitrogen and oxygen atoms in total. The van der Waals surface area contributed by atoms with Gasteiger partial charge in [-0.3, -0.25) is 14.5 Å². The molecule has 2 aliphatic carbocycles. The highest BCUT2D eigenvalue weighted by molar-refractivity contribution is 5.94. The fourth-order valence-electron chi connectivity index (χ4n) is 5.88. The van der Waals surface area contributed by atoms with Gasteiger partial charge in [0, 0.05) is 30.7 Å². The second-order valence-corrected chi connectivity index (χ2v) is 10.8. The fourth-order valence-corrected chi connectivity index (χ4v) is 5.88. The number of allylic oxidation sites excluding steroid dienone is 2. The lowest BCUT2D eigenvalue weighted by atomic mass is 9.83. The molecule has 1 atom stereocenters. The third kappa shape index (κ3) is 4.25. The predicted octanol–water partition coefficient (Wildman–Crippen LogP) is 5.10. The number of anilines is 1. The van der Waals surface area contributed by atoms with E-state index < -0.39 is 5.76 Å². The van der Waals surface area contributed by atoms with Gasteiger partial charge < -0.3 is 14.2 Å². The zero-order valence-corrected chi connectivity index (χ0v) is 21.9. The number of hydrogen-bond acceptors (Lipinski definition) is 8. The number of aromatic amines is 1. The minimum atomic E-state index is -0.630. The monoisotopic (exact) mass is 523 g/mol. The van der Waals surface area contributed by atoms with Crippen LogP contribution in [-0.2, 0) is 11.3 Å². The van der Waals surface area contributed by atoms with E-state index in [1.807, 2.05) is 43.7 Å². The molecular formula is C29H29N7O3. The Hall–Kier alpha value is -4.47. The van der Waals surface area contributed by atoms with E-state index in [-0.39, 0.29) is 11.9 Å². The first-order valence-corrected chi connectivity index (χ1v) is 13.4. The molecule has 10 heteroatoms. The summed E-state index contributed by atoms with van der Waals surface area (Å²) in [6, 6.07) is 3.86. The average Bonchev–Trinajstić information content (AvgIpc) is 3.68. The Bertz CT molecular complexity index is 1700. The first kappa shape index (κ1) is 23.6. The molecule has 0 saturated heterocycles. The molecule has 0 unspecified atom stereocenters. The van der Waals surface area contributed by atoms with E-state index in [2.05, 4.69) is 43.7 Å². The number of imidazole rings is 1. The maximum Gasteiger partial charge on any atom is 0.439 e. The molecule has 1 aliphatic heterocycles.